The van der Waals surface area contributed by atoms with Crippen LogP contribution in [0.5, 0.6) is 0 Å². The summed E-state index contributed by atoms with van der Waals surface area (Å²) in [5.74, 6) is 0.00239. The number of carbonyl (C=O) groups excluding carboxylic acids is 1. The largest absolute Gasteiger partial charge is 0.308 e. The van der Waals surface area contributed by atoms with Crippen molar-refractivity contribution < 1.29 is 13.2 Å². The van der Waals surface area contributed by atoms with Gasteiger partial charge in [0.05, 0.1) is 28.9 Å². The van der Waals surface area contributed by atoms with Crippen LogP contribution in [-0.4, -0.2) is 67.3 Å². The first-order valence-electron chi connectivity index (χ1n) is 9.86. The Bertz CT molecular complexity index is 994. The van der Waals surface area contributed by atoms with E-state index in [1.165, 1.54) is 0 Å². The maximum atomic E-state index is 13.2. The second-order valence-corrected chi connectivity index (χ2v) is 9.80. The number of pyridine rings is 1. The van der Waals surface area contributed by atoms with Crippen LogP contribution in [0.4, 0.5) is 5.69 Å². The number of anilines is 1. The highest BCUT2D eigenvalue weighted by atomic mass is 32.2. The molecule has 29 heavy (non-hydrogen) atoms. The highest BCUT2D eigenvalue weighted by molar-refractivity contribution is 7.89. The molecule has 1 atom stereocenters. The lowest BCUT2D eigenvalue weighted by molar-refractivity contribution is -0.123. The van der Waals surface area contributed by atoms with Gasteiger partial charge in [0, 0.05) is 25.8 Å². The lowest BCUT2D eigenvalue weighted by Crippen LogP contribution is -2.64. The molecule has 0 N–H and O–H groups in total. The Morgan fingerprint density at radius 1 is 1.14 bits per heavy atom. The number of rotatable bonds is 4. The summed E-state index contributed by atoms with van der Waals surface area (Å²) in [6.45, 7) is 3.56. The van der Waals surface area contributed by atoms with E-state index < -0.39 is 15.6 Å². The summed E-state index contributed by atoms with van der Waals surface area (Å²) in [5, 5.41) is 0. The fourth-order valence-electron chi connectivity index (χ4n) is 4.22. The molecule has 0 aliphatic carbocycles. The summed E-state index contributed by atoms with van der Waals surface area (Å²) in [5.41, 5.74) is 1.46. The molecule has 2 saturated heterocycles. The molecular formula is C21H26N4O3S. The van der Waals surface area contributed by atoms with Gasteiger partial charge in [0.15, 0.2) is 0 Å². The van der Waals surface area contributed by atoms with E-state index in [1.807, 2.05) is 37.1 Å². The van der Waals surface area contributed by atoms with Crippen molar-refractivity contribution in [3.63, 3.8) is 0 Å². The van der Waals surface area contributed by atoms with Crippen LogP contribution in [0, 0.1) is 0 Å². The Labute approximate surface area is 172 Å². The van der Waals surface area contributed by atoms with Crippen molar-refractivity contribution in [3.8, 4) is 0 Å². The van der Waals surface area contributed by atoms with Crippen molar-refractivity contribution in [1.29, 1.82) is 0 Å². The van der Waals surface area contributed by atoms with E-state index in [0.717, 1.165) is 17.7 Å². The summed E-state index contributed by atoms with van der Waals surface area (Å²) in [4.78, 5) is 20.8. The standard InChI is InChI=1S/C21H26N4O3S/c1-3-17-6-8-19(9-7-17)29(27,28)24-12-10-21(15-24)16-25(20(26)14-23(21)2)18-5-4-11-22-13-18/h4-9,11,13H,3,10,12,14-16H2,1-2H3. The number of carbonyl (C=O) groups is 1. The van der Waals surface area contributed by atoms with Crippen LogP contribution in [-0.2, 0) is 21.2 Å². The Morgan fingerprint density at radius 3 is 2.55 bits per heavy atom. The summed E-state index contributed by atoms with van der Waals surface area (Å²) >= 11 is 0. The third-order valence-corrected chi connectivity index (χ3v) is 8.02. The molecule has 2 aliphatic heterocycles. The first-order valence-corrected chi connectivity index (χ1v) is 11.3. The van der Waals surface area contributed by atoms with Gasteiger partial charge < -0.3 is 4.90 Å². The summed E-state index contributed by atoms with van der Waals surface area (Å²) in [6, 6.07) is 10.8. The number of nitrogens with zero attached hydrogens (tertiary/aromatic N) is 4. The van der Waals surface area contributed by atoms with E-state index in [9.17, 15) is 13.2 Å². The number of aromatic nitrogens is 1. The summed E-state index contributed by atoms with van der Waals surface area (Å²) < 4.78 is 28.0. The zero-order valence-corrected chi connectivity index (χ0v) is 17.6. The van der Waals surface area contributed by atoms with Crippen LogP contribution in [0.2, 0.25) is 0 Å². The van der Waals surface area contributed by atoms with E-state index in [4.69, 9.17) is 0 Å². The molecule has 1 unspecified atom stereocenters. The fourth-order valence-corrected chi connectivity index (χ4v) is 5.74. The Balaban J connectivity index is 1.58. The lowest BCUT2D eigenvalue weighted by atomic mass is 9.93. The monoisotopic (exact) mass is 414 g/mol. The number of hydrogen-bond acceptors (Lipinski definition) is 5. The number of aryl methyl sites for hydroxylation is 1. The first-order chi connectivity index (χ1) is 13.9. The third kappa shape index (κ3) is 3.56. The van der Waals surface area contributed by atoms with Gasteiger partial charge in [-0.3, -0.25) is 14.7 Å². The second kappa shape index (κ2) is 7.51. The fraction of sp³-hybridized carbons (Fsp3) is 0.429. The van der Waals surface area contributed by atoms with Gasteiger partial charge in [-0.1, -0.05) is 19.1 Å². The van der Waals surface area contributed by atoms with E-state index >= 15 is 0 Å². The van der Waals surface area contributed by atoms with Crippen LogP contribution >= 0.6 is 0 Å². The third-order valence-electron chi connectivity index (χ3n) is 6.16. The molecule has 1 amide bonds. The first kappa shape index (κ1) is 20.0. The minimum atomic E-state index is -3.57. The van der Waals surface area contributed by atoms with Crippen molar-refractivity contribution in [2.24, 2.45) is 0 Å². The average Bonchev–Trinajstić information content (AvgIpc) is 3.18. The highest BCUT2D eigenvalue weighted by Crippen LogP contribution is 2.35. The van der Waals surface area contributed by atoms with E-state index in [1.54, 1.807) is 39.8 Å². The Morgan fingerprint density at radius 2 is 1.90 bits per heavy atom. The van der Waals surface area contributed by atoms with E-state index in [-0.39, 0.29) is 12.5 Å². The molecule has 1 spiro atoms. The molecule has 4 rings (SSSR count). The van der Waals surface area contributed by atoms with Gasteiger partial charge in [-0.15, -0.1) is 0 Å². The van der Waals surface area contributed by atoms with Gasteiger partial charge in [-0.05, 0) is 49.7 Å². The number of hydrogen-bond donors (Lipinski definition) is 0. The van der Waals surface area contributed by atoms with Gasteiger partial charge >= 0.3 is 0 Å². The minimum Gasteiger partial charge on any atom is -0.308 e. The lowest BCUT2D eigenvalue weighted by Gasteiger charge is -2.46. The molecule has 3 heterocycles. The molecule has 154 valence electrons. The van der Waals surface area contributed by atoms with Gasteiger partial charge in [-0.25, -0.2) is 8.42 Å². The SMILES string of the molecule is CCc1ccc(S(=O)(=O)N2CCC3(CN(c4cccnc4)C(=O)CN3C)C2)cc1. The molecule has 1 aromatic carbocycles. The molecule has 0 saturated carbocycles. The summed E-state index contributed by atoms with van der Waals surface area (Å²) in [7, 11) is -1.66. The molecule has 8 heteroatoms. The zero-order valence-electron chi connectivity index (χ0n) is 16.8. The molecule has 0 radical (unpaired) electrons. The smallest absolute Gasteiger partial charge is 0.243 e. The number of likely N-dealkylation sites (N-methyl/N-ethyl adjacent to an activating group) is 1. The molecule has 0 bridgehead atoms. The highest BCUT2D eigenvalue weighted by Gasteiger charge is 2.50. The van der Waals surface area contributed by atoms with Crippen molar-refractivity contribution >= 4 is 21.6 Å². The van der Waals surface area contributed by atoms with Crippen molar-refractivity contribution in [2.45, 2.75) is 30.2 Å². The molecule has 7 nitrogen and oxygen atoms in total. The Kier molecular flexibility index (Phi) is 5.18. The Hall–Kier alpha value is -2.29. The van der Waals surface area contributed by atoms with E-state index in [2.05, 4.69) is 4.98 Å². The second-order valence-electron chi connectivity index (χ2n) is 7.86. The van der Waals surface area contributed by atoms with Crippen LogP contribution < -0.4 is 4.90 Å². The number of piperazine rings is 1. The number of amides is 1. The van der Waals surface area contributed by atoms with Crippen LogP contribution in [0.25, 0.3) is 0 Å². The van der Waals surface area contributed by atoms with Crippen LogP contribution in [0.3, 0.4) is 0 Å². The minimum absolute atomic E-state index is 0.00239. The van der Waals surface area contributed by atoms with Gasteiger partial charge in [-0.2, -0.15) is 4.31 Å². The maximum Gasteiger partial charge on any atom is 0.243 e. The molecular weight excluding hydrogens is 388 g/mol. The van der Waals surface area contributed by atoms with Crippen molar-refractivity contribution in [2.75, 3.05) is 38.1 Å². The predicted molar refractivity (Wildman–Crippen MR) is 111 cm³/mol. The summed E-state index contributed by atoms with van der Waals surface area (Å²) in [6.07, 6.45) is 4.90. The molecule has 2 fully saturated rings. The van der Waals surface area contributed by atoms with Gasteiger partial charge in [0.25, 0.3) is 0 Å². The normalized spacial score (nSPS) is 23.8. The number of benzene rings is 1. The average molecular weight is 415 g/mol. The number of sulfonamides is 1. The predicted octanol–water partition coefficient (Wildman–Crippen LogP) is 1.76. The molecule has 2 aromatic rings. The quantitative estimate of drug-likeness (QED) is 0.762. The van der Waals surface area contributed by atoms with Crippen molar-refractivity contribution in [1.82, 2.24) is 14.2 Å². The maximum absolute atomic E-state index is 13.2. The van der Waals surface area contributed by atoms with Gasteiger partial charge in [0.1, 0.15) is 0 Å². The zero-order chi connectivity index (χ0) is 20.6. The topological polar surface area (TPSA) is 73.8 Å². The van der Waals surface area contributed by atoms with Crippen LogP contribution in [0.1, 0.15) is 18.9 Å². The molecule has 2 aliphatic rings. The van der Waals surface area contributed by atoms with E-state index in [0.29, 0.717) is 31.0 Å². The molecule has 1 aromatic heterocycles. The van der Waals surface area contributed by atoms with Gasteiger partial charge in [0.2, 0.25) is 15.9 Å². The van der Waals surface area contributed by atoms with Crippen LogP contribution in [0.15, 0.2) is 53.7 Å². The van der Waals surface area contributed by atoms with Crippen molar-refractivity contribution in [3.05, 3.63) is 54.4 Å².